The Morgan fingerprint density at radius 1 is 1.00 bits per heavy atom. The first-order chi connectivity index (χ1) is 8.79. The maximum atomic E-state index is 5.81. The molecule has 0 aromatic heterocycles. The van der Waals surface area contributed by atoms with Gasteiger partial charge in [0.25, 0.3) is 0 Å². The molecule has 0 aromatic rings. The average molecular weight is 248 g/mol. The van der Waals surface area contributed by atoms with Crippen LogP contribution in [0.15, 0.2) is 10.2 Å². The molecule has 4 bridgehead atoms. The highest BCUT2D eigenvalue weighted by atomic mass is 16.5. The van der Waals surface area contributed by atoms with Crippen molar-refractivity contribution in [3.05, 3.63) is 0 Å². The zero-order chi connectivity index (χ0) is 12.2. The van der Waals surface area contributed by atoms with E-state index in [0.717, 1.165) is 24.2 Å². The van der Waals surface area contributed by atoms with Gasteiger partial charge in [-0.25, -0.2) is 0 Å². The van der Waals surface area contributed by atoms with Gasteiger partial charge in [-0.1, -0.05) is 6.42 Å². The summed E-state index contributed by atoms with van der Waals surface area (Å²) in [7, 11) is 1.83. The number of methoxy groups -OCH3 is 1. The Kier molecular flexibility index (Phi) is 2.55. The maximum absolute atomic E-state index is 5.81. The van der Waals surface area contributed by atoms with E-state index in [9.17, 15) is 0 Å². The van der Waals surface area contributed by atoms with Gasteiger partial charge in [0, 0.05) is 19.4 Å². The van der Waals surface area contributed by atoms with Crippen LogP contribution in [0.2, 0.25) is 0 Å². The molecule has 0 aliphatic heterocycles. The van der Waals surface area contributed by atoms with E-state index >= 15 is 0 Å². The molecule has 0 amide bonds. The van der Waals surface area contributed by atoms with Crippen LogP contribution in [0, 0.1) is 23.7 Å². The lowest BCUT2D eigenvalue weighted by atomic mass is 9.92. The number of ether oxygens (including phenoxy) is 1. The second-order valence-corrected chi connectivity index (χ2v) is 7.09. The SMILES string of the molecule is COC1(N=NC2CC3CCC2C3)CC2CCC1C2. The lowest BCUT2D eigenvalue weighted by Gasteiger charge is -2.31. The molecule has 6 atom stereocenters. The molecule has 0 saturated heterocycles. The molecule has 0 aromatic carbocycles. The standard InChI is InChI=1S/C15H24N2O/c1-18-15(9-11-3-5-13(15)7-11)17-16-14-8-10-2-4-12(14)6-10/h10-14H,2-9H2,1H3. The van der Waals surface area contributed by atoms with Crippen molar-refractivity contribution < 1.29 is 4.74 Å². The van der Waals surface area contributed by atoms with Gasteiger partial charge in [0.05, 0.1) is 6.04 Å². The van der Waals surface area contributed by atoms with Gasteiger partial charge in [0.15, 0.2) is 5.72 Å². The predicted molar refractivity (Wildman–Crippen MR) is 69.3 cm³/mol. The molecule has 100 valence electrons. The second kappa shape index (κ2) is 4.03. The quantitative estimate of drug-likeness (QED) is 0.700. The number of rotatable bonds is 3. The van der Waals surface area contributed by atoms with E-state index in [2.05, 4.69) is 0 Å². The predicted octanol–water partition coefficient (Wildman–Crippen LogP) is 3.79. The largest absolute Gasteiger partial charge is 0.355 e. The molecular weight excluding hydrogens is 224 g/mol. The van der Waals surface area contributed by atoms with Crippen LogP contribution >= 0.6 is 0 Å². The second-order valence-electron chi connectivity index (χ2n) is 7.09. The van der Waals surface area contributed by atoms with Gasteiger partial charge in [0.2, 0.25) is 0 Å². The van der Waals surface area contributed by atoms with E-state index in [1.807, 2.05) is 7.11 Å². The summed E-state index contributed by atoms with van der Waals surface area (Å²) in [4.78, 5) is 0. The molecule has 3 heteroatoms. The third-order valence-corrected chi connectivity index (χ3v) is 6.19. The third kappa shape index (κ3) is 1.59. The fraction of sp³-hybridized carbons (Fsp3) is 1.00. The fourth-order valence-corrected chi connectivity index (χ4v) is 5.19. The Bertz CT molecular complexity index is 370. The molecule has 4 fully saturated rings. The summed E-state index contributed by atoms with van der Waals surface area (Å²) in [6.45, 7) is 0. The Hall–Kier alpha value is -0.440. The number of fused-ring (bicyclic) bond motifs is 4. The van der Waals surface area contributed by atoms with Crippen molar-refractivity contribution in [1.29, 1.82) is 0 Å². The monoisotopic (exact) mass is 248 g/mol. The Morgan fingerprint density at radius 3 is 2.44 bits per heavy atom. The molecule has 0 heterocycles. The van der Waals surface area contributed by atoms with Gasteiger partial charge < -0.3 is 4.74 Å². The van der Waals surface area contributed by atoms with Crippen LogP contribution in [0.25, 0.3) is 0 Å². The number of hydrogen-bond donors (Lipinski definition) is 0. The van der Waals surface area contributed by atoms with Crippen LogP contribution in [0.4, 0.5) is 0 Å². The molecule has 0 N–H and O–H groups in total. The highest BCUT2D eigenvalue weighted by Crippen LogP contribution is 2.54. The zero-order valence-electron chi connectivity index (χ0n) is 11.3. The van der Waals surface area contributed by atoms with E-state index in [1.54, 1.807) is 0 Å². The molecule has 4 rings (SSSR count). The van der Waals surface area contributed by atoms with Crippen molar-refractivity contribution in [1.82, 2.24) is 0 Å². The van der Waals surface area contributed by atoms with E-state index in [-0.39, 0.29) is 5.72 Å². The van der Waals surface area contributed by atoms with Crippen molar-refractivity contribution >= 4 is 0 Å². The van der Waals surface area contributed by atoms with Gasteiger partial charge in [0.1, 0.15) is 0 Å². The van der Waals surface area contributed by atoms with Crippen molar-refractivity contribution in [3.63, 3.8) is 0 Å². The first-order valence-corrected chi connectivity index (χ1v) is 7.76. The minimum absolute atomic E-state index is 0.231. The fourth-order valence-electron chi connectivity index (χ4n) is 5.19. The van der Waals surface area contributed by atoms with Gasteiger partial charge in [-0.15, -0.1) is 0 Å². The highest BCUT2D eigenvalue weighted by Gasteiger charge is 2.52. The maximum Gasteiger partial charge on any atom is 0.181 e. The molecule has 3 nitrogen and oxygen atoms in total. The summed E-state index contributed by atoms with van der Waals surface area (Å²) in [6, 6.07) is 0.523. The Morgan fingerprint density at radius 2 is 1.89 bits per heavy atom. The van der Waals surface area contributed by atoms with Crippen LogP contribution in [0.3, 0.4) is 0 Å². The van der Waals surface area contributed by atoms with E-state index in [0.29, 0.717) is 12.0 Å². The summed E-state index contributed by atoms with van der Waals surface area (Å²) in [5.74, 6) is 3.30. The minimum Gasteiger partial charge on any atom is -0.355 e. The Labute approximate surface area is 109 Å². The van der Waals surface area contributed by atoms with Crippen molar-refractivity contribution in [2.45, 2.75) is 63.1 Å². The minimum atomic E-state index is -0.231. The van der Waals surface area contributed by atoms with E-state index in [1.165, 1.54) is 44.9 Å². The smallest absolute Gasteiger partial charge is 0.181 e. The first-order valence-electron chi connectivity index (χ1n) is 7.76. The number of hydrogen-bond acceptors (Lipinski definition) is 3. The van der Waals surface area contributed by atoms with Crippen LogP contribution in [0.1, 0.15) is 51.4 Å². The van der Waals surface area contributed by atoms with Gasteiger partial charge in [-0.2, -0.15) is 10.2 Å². The van der Waals surface area contributed by atoms with E-state index < -0.39 is 0 Å². The lowest BCUT2D eigenvalue weighted by molar-refractivity contribution is -0.0535. The van der Waals surface area contributed by atoms with Crippen LogP contribution in [-0.2, 0) is 4.74 Å². The van der Waals surface area contributed by atoms with Crippen molar-refractivity contribution in [2.75, 3.05) is 7.11 Å². The first kappa shape index (κ1) is 11.4. The molecule has 0 spiro atoms. The summed E-state index contributed by atoms with van der Waals surface area (Å²) in [6.07, 6.45) is 10.7. The van der Waals surface area contributed by atoms with Gasteiger partial charge >= 0.3 is 0 Å². The summed E-state index contributed by atoms with van der Waals surface area (Å²) < 4.78 is 5.81. The summed E-state index contributed by atoms with van der Waals surface area (Å²) >= 11 is 0. The van der Waals surface area contributed by atoms with Crippen LogP contribution in [0.5, 0.6) is 0 Å². The highest BCUT2D eigenvalue weighted by molar-refractivity contribution is 5.01. The number of nitrogens with zero attached hydrogens (tertiary/aromatic N) is 2. The molecule has 0 radical (unpaired) electrons. The van der Waals surface area contributed by atoms with Gasteiger partial charge in [-0.3, -0.25) is 0 Å². The summed E-state index contributed by atoms with van der Waals surface area (Å²) in [5.41, 5.74) is -0.231. The number of azo groups is 1. The van der Waals surface area contributed by atoms with Crippen LogP contribution in [-0.4, -0.2) is 18.9 Å². The molecule has 4 saturated carbocycles. The molecule has 4 aliphatic carbocycles. The van der Waals surface area contributed by atoms with Crippen molar-refractivity contribution in [2.24, 2.45) is 33.9 Å². The third-order valence-electron chi connectivity index (χ3n) is 6.19. The average Bonchev–Trinajstić information content (AvgIpc) is 3.15. The Balaban J connectivity index is 1.49. The lowest BCUT2D eigenvalue weighted by Crippen LogP contribution is -2.35. The molecule has 4 aliphatic rings. The zero-order valence-corrected chi connectivity index (χ0v) is 11.3. The normalized spacial score (nSPS) is 53.9. The van der Waals surface area contributed by atoms with Crippen molar-refractivity contribution in [3.8, 4) is 0 Å². The molecule has 6 unspecified atom stereocenters. The van der Waals surface area contributed by atoms with E-state index in [4.69, 9.17) is 15.0 Å². The molecule has 18 heavy (non-hydrogen) atoms. The summed E-state index contributed by atoms with van der Waals surface area (Å²) in [5, 5.41) is 9.51. The topological polar surface area (TPSA) is 34.0 Å². The van der Waals surface area contributed by atoms with Crippen LogP contribution < -0.4 is 0 Å². The molecular formula is C15H24N2O. The van der Waals surface area contributed by atoms with Gasteiger partial charge in [-0.05, 0) is 56.3 Å².